The van der Waals surface area contributed by atoms with Crippen LogP contribution in [0.25, 0.3) is 11.1 Å². The Balaban J connectivity index is 1.51. The van der Waals surface area contributed by atoms with E-state index < -0.39 is 0 Å². The van der Waals surface area contributed by atoms with Crippen LogP contribution in [0.1, 0.15) is 46.3 Å². The van der Waals surface area contributed by atoms with E-state index >= 15 is 0 Å². The Morgan fingerprint density at radius 3 is 2.44 bits per heavy atom. The second-order valence-electron chi connectivity index (χ2n) is 7.45. The first-order valence-electron chi connectivity index (χ1n) is 9.46. The molecule has 3 heteroatoms. The predicted octanol–water partition coefficient (Wildman–Crippen LogP) is 6.08. The number of fused-ring (bicyclic) bond motifs is 5. The molecule has 0 spiro atoms. The summed E-state index contributed by atoms with van der Waals surface area (Å²) in [5.41, 5.74) is 5.90. The molecule has 0 N–H and O–H groups in total. The van der Waals surface area contributed by atoms with Gasteiger partial charge in [0.05, 0.1) is 6.04 Å². The van der Waals surface area contributed by atoms with Gasteiger partial charge >= 0.3 is 0 Å². The molecule has 0 aromatic heterocycles. The third-order valence-corrected chi connectivity index (χ3v) is 6.20. The van der Waals surface area contributed by atoms with E-state index in [2.05, 4.69) is 47.4 Å². The third kappa shape index (κ3) is 2.85. The van der Waals surface area contributed by atoms with E-state index in [1.54, 1.807) is 12.1 Å². The van der Waals surface area contributed by atoms with Crippen molar-refractivity contribution < 1.29 is 4.79 Å². The third-order valence-electron chi connectivity index (χ3n) is 5.95. The fourth-order valence-electron chi connectivity index (χ4n) is 4.59. The molecular weight excluding hydrogens is 354 g/mol. The predicted molar refractivity (Wildman–Crippen MR) is 109 cm³/mol. The number of carbonyl (C=O) groups excluding carboxylic acids is 1. The van der Waals surface area contributed by atoms with E-state index in [1.165, 1.54) is 22.3 Å². The largest absolute Gasteiger partial charge is 0.332 e. The molecule has 3 aromatic rings. The number of hydrogen-bond acceptors (Lipinski definition) is 1. The molecule has 1 aliphatic carbocycles. The number of amides is 1. The summed E-state index contributed by atoms with van der Waals surface area (Å²) in [6, 6.07) is 24.6. The number of benzene rings is 3. The molecule has 1 fully saturated rings. The lowest BCUT2D eigenvalue weighted by Gasteiger charge is -2.34. The van der Waals surface area contributed by atoms with E-state index in [1.807, 2.05) is 18.2 Å². The van der Waals surface area contributed by atoms with Crippen molar-refractivity contribution in [3.8, 4) is 11.1 Å². The molecule has 2 aliphatic rings. The van der Waals surface area contributed by atoms with Crippen molar-refractivity contribution in [1.29, 1.82) is 0 Å². The van der Waals surface area contributed by atoms with Crippen LogP contribution >= 0.6 is 11.6 Å². The monoisotopic (exact) mass is 373 g/mol. The zero-order valence-corrected chi connectivity index (χ0v) is 15.7. The van der Waals surface area contributed by atoms with Crippen LogP contribution in [0.15, 0.2) is 72.8 Å². The average Bonchev–Trinajstić information content (AvgIpc) is 3.00. The van der Waals surface area contributed by atoms with Gasteiger partial charge in [0, 0.05) is 17.1 Å². The summed E-state index contributed by atoms with van der Waals surface area (Å²) in [4.78, 5) is 15.2. The Bertz CT molecular complexity index is 997. The van der Waals surface area contributed by atoms with E-state index in [9.17, 15) is 4.79 Å². The standard InChI is InChI=1S/C24H20ClNO/c25-20-9-6-17(7-10-20)24(27)26-13-12-19-15-23(26)22-14-18(8-11-21(19)22)16-4-2-1-3-5-16/h1-11,14,19,23H,12-13,15H2. The van der Waals surface area contributed by atoms with Crippen LogP contribution in [-0.4, -0.2) is 17.4 Å². The zero-order chi connectivity index (χ0) is 18.4. The number of nitrogens with zero attached hydrogens (tertiary/aromatic N) is 1. The molecule has 2 atom stereocenters. The molecule has 0 radical (unpaired) electrons. The molecule has 2 nitrogen and oxygen atoms in total. The van der Waals surface area contributed by atoms with Crippen LogP contribution in [0.4, 0.5) is 0 Å². The molecule has 2 bridgehead atoms. The Kier molecular flexibility index (Phi) is 4.02. The van der Waals surface area contributed by atoms with Crippen molar-refractivity contribution in [2.45, 2.75) is 24.8 Å². The first-order valence-corrected chi connectivity index (χ1v) is 9.84. The lowest BCUT2D eigenvalue weighted by atomic mass is 9.94. The van der Waals surface area contributed by atoms with Crippen LogP contribution < -0.4 is 0 Å². The summed E-state index contributed by atoms with van der Waals surface area (Å²) in [5, 5.41) is 0.656. The van der Waals surface area contributed by atoms with E-state index in [0.717, 1.165) is 19.4 Å². The SMILES string of the molecule is O=C(c1ccc(Cl)cc1)N1CCC2CC1c1cc(-c3ccccc3)ccc12. The number of carbonyl (C=O) groups is 1. The van der Waals surface area contributed by atoms with Gasteiger partial charge in [-0.2, -0.15) is 0 Å². The van der Waals surface area contributed by atoms with Gasteiger partial charge in [-0.05, 0) is 71.3 Å². The Morgan fingerprint density at radius 2 is 1.67 bits per heavy atom. The minimum atomic E-state index is 0.105. The quantitative estimate of drug-likeness (QED) is 0.533. The van der Waals surface area contributed by atoms with E-state index in [0.29, 0.717) is 16.5 Å². The molecule has 134 valence electrons. The minimum Gasteiger partial charge on any atom is -0.332 e. The summed E-state index contributed by atoms with van der Waals surface area (Å²) >= 11 is 5.98. The number of piperidine rings is 1. The van der Waals surface area contributed by atoms with Crippen molar-refractivity contribution in [2.24, 2.45) is 0 Å². The van der Waals surface area contributed by atoms with Gasteiger partial charge in [0.2, 0.25) is 0 Å². The van der Waals surface area contributed by atoms with E-state index in [4.69, 9.17) is 11.6 Å². The summed E-state index contributed by atoms with van der Waals surface area (Å²) in [5.74, 6) is 0.678. The normalized spacial score (nSPS) is 20.4. The number of rotatable bonds is 2. The maximum Gasteiger partial charge on any atom is 0.254 e. The van der Waals surface area contributed by atoms with Crippen LogP contribution in [-0.2, 0) is 0 Å². The fourth-order valence-corrected chi connectivity index (χ4v) is 4.72. The Morgan fingerprint density at radius 1 is 0.889 bits per heavy atom. The van der Waals surface area contributed by atoms with Gasteiger partial charge in [0.1, 0.15) is 0 Å². The molecule has 3 aromatic carbocycles. The van der Waals surface area contributed by atoms with Gasteiger partial charge in [-0.25, -0.2) is 0 Å². The molecule has 0 saturated carbocycles. The van der Waals surface area contributed by atoms with Crippen LogP contribution in [0.5, 0.6) is 0 Å². The fraction of sp³-hybridized carbons (Fsp3) is 0.208. The maximum absolute atomic E-state index is 13.1. The highest BCUT2D eigenvalue weighted by atomic mass is 35.5. The van der Waals surface area contributed by atoms with Crippen molar-refractivity contribution in [2.75, 3.05) is 6.54 Å². The number of hydrogen-bond donors (Lipinski definition) is 0. The van der Waals surface area contributed by atoms with Crippen LogP contribution in [0.2, 0.25) is 5.02 Å². The molecular formula is C24H20ClNO. The highest BCUT2D eigenvalue weighted by Crippen LogP contribution is 2.50. The second kappa shape index (κ2) is 6.54. The maximum atomic E-state index is 13.1. The molecule has 27 heavy (non-hydrogen) atoms. The van der Waals surface area contributed by atoms with Gasteiger partial charge < -0.3 is 4.90 Å². The highest BCUT2D eigenvalue weighted by molar-refractivity contribution is 6.30. The van der Waals surface area contributed by atoms with Crippen molar-refractivity contribution in [1.82, 2.24) is 4.90 Å². The average molecular weight is 374 g/mol. The van der Waals surface area contributed by atoms with Gasteiger partial charge in [0.25, 0.3) is 5.91 Å². The number of halogens is 1. The summed E-state index contributed by atoms with van der Waals surface area (Å²) < 4.78 is 0. The first-order chi connectivity index (χ1) is 13.2. The van der Waals surface area contributed by atoms with Gasteiger partial charge in [-0.3, -0.25) is 4.79 Å². The summed E-state index contributed by atoms with van der Waals surface area (Å²) in [6.07, 6.45) is 2.07. The second-order valence-corrected chi connectivity index (χ2v) is 7.89. The van der Waals surface area contributed by atoms with Gasteiger partial charge in [-0.1, -0.05) is 54.1 Å². The molecule has 1 aliphatic heterocycles. The first kappa shape index (κ1) is 16.6. The lowest BCUT2D eigenvalue weighted by molar-refractivity contribution is 0.0620. The molecule has 2 unspecified atom stereocenters. The Hall–Kier alpha value is -2.58. The Labute approximate surface area is 164 Å². The van der Waals surface area contributed by atoms with Crippen molar-refractivity contribution in [3.05, 3.63) is 94.5 Å². The topological polar surface area (TPSA) is 20.3 Å². The molecule has 1 saturated heterocycles. The van der Waals surface area contributed by atoms with Crippen molar-refractivity contribution >= 4 is 17.5 Å². The molecule has 1 amide bonds. The number of likely N-dealkylation sites (tertiary alicyclic amines) is 1. The molecule has 1 heterocycles. The van der Waals surface area contributed by atoms with Crippen LogP contribution in [0, 0.1) is 0 Å². The van der Waals surface area contributed by atoms with Crippen LogP contribution in [0.3, 0.4) is 0 Å². The highest BCUT2D eigenvalue weighted by Gasteiger charge is 2.41. The van der Waals surface area contributed by atoms with Crippen molar-refractivity contribution in [3.63, 3.8) is 0 Å². The lowest BCUT2D eigenvalue weighted by Crippen LogP contribution is -2.37. The minimum absolute atomic E-state index is 0.105. The van der Waals surface area contributed by atoms with Gasteiger partial charge in [-0.15, -0.1) is 0 Å². The smallest absolute Gasteiger partial charge is 0.254 e. The van der Waals surface area contributed by atoms with Gasteiger partial charge in [0.15, 0.2) is 0 Å². The molecule has 5 rings (SSSR count). The summed E-state index contributed by atoms with van der Waals surface area (Å²) in [6.45, 7) is 0.812. The zero-order valence-electron chi connectivity index (χ0n) is 14.9. The summed E-state index contributed by atoms with van der Waals surface area (Å²) in [7, 11) is 0. The van der Waals surface area contributed by atoms with E-state index in [-0.39, 0.29) is 11.9 Å².